The van der Waals surface area contributed by atoms with Crippen LogP contribution in [0, 0.1) is 21.7 Å². The molecular formula is C10H17NO. The maximum atomic E-state index is 10.6. The van der Waals surface area contributed by atoms with Crippen molar-refractivity contribution >= 4 is 0 Å². The highest BCUT2D eigenvalue weighted by atomic mass is 16.3. The van der Waals surface area contributed by atoms with Crippen molar-refractivity contribution in [2.75, 3.05) is 0 Å². The third-order valence-electron chi connectivity index (χ3n) is 4.88. The minimum absolute atomic E-state index is 0.0891. The average Bonchev–Trinajstić information content (AvgIpc) is 2.34. The molecule has 12 heavy (non-hydrogen) atoms. The Kier molecular flexibility index (Phi) is 1.43. The number of nitrogens with zero attached hydrogens (tertiary/aromatic N) is 1. The molecule has 2 aliphatic carbocycles. The summed E-state index contributed by atoms with van der Waals surface area (Å²) in [5.74, 6) is 0.741. The molecule has 2 rings (SSSR count). The molecule has 0 aromatic rings. The molecular weight excluding hydrogens is 150 g/mol. The predicted octanol–water partition coefficient (Wildman–Crippen LogP) is 2.97. The molecule has 0 aromatic carbocycles. The molecule has 2 heteroatoms. The summed E-state index contributed by atoms with van der Waals surface area (Å²) in [5.41, 5.74) is 0.533. The first-order chi connectivity index (χ1) is 5.52. The molecule has 0 aliphatic heterocycles. The van der Waals surface area contributed by atoms with Crippen LogP contribution in [0.2, 0.25) is 0 Å². The maximum absolute atomic E-state index is 10.6. The van der Waals surface area contributed by atoms with Crippen molar-refractivity contribution in [2.24, 2.45) is 21.9 Å². The Morgan fingerprint density at radius 1 is 1.33 bits per heavy atom. The smallest absolute Gasteiger partial charge is 0.0981 e. The van der Waals surface area contributed by atoms with Gasteiger partial charge in [-0.05, 0) is 36.0 Å². The summed E-state index contributed by atoms with van der Waals surface area (Å²) in [6, 6.07) is 0.0891. The predicted molar refractivity (Wildman–Crippen MR) is 48.8 cm³/mol. The molecule has 3 atom stereocenters. The van der Waals surface area contributed by atoms with Crippen LogP contribution in [-0.2, 0) is 0 Å². The summed E-state index contributed by atoms with van der Waals surface area (Å²) >= 11 is 0. The van der Waals surface area contributed by atoms with E-state index in [2.05, 4.69) is 25.9 Å². The molecule has 0 spiro atoms. The van der Waals surface area contributed by atoms with Gasteiger partial charge in [0.05, 0.1) is 6.04 Å². The second-order valence-electron chi connectivity index (χ2n) is 5.23. The van der Waals surface area contributed by atoms with E-state index in [9.17, 15) is 4.91 Å². The molecule has 2 nitrogen and oxygen atoms in total. The minimum atomic E-state index is 0.0891. The number of nitroso groups, excluding NO2 is 1. The van der Waals surface area contributed by atoms with Crippen LogP contribution in [0.4, 0.5) is 0 Å². The van der Waals surface area contributed by atoms with Crippen molar-refractivity contribution in [3.63, 3.8) is 0 Å². The zero-order valence-corrected chi connectivity index (χ0v) is 8.13. The number of rotatable bonds is 1. The second kappa shape index (κ2) is 2.09. The van der Waals surface area contributed by atoms with Crippen LogP contribution < -0.4 is 0 Å². The van der Waals surface area contributed by atoms with Crippen molar-refractivity contribution in [1.29, 1.82) is 0 Å². The third kappa shape index (κ3) is 0.668. The van der Waals surface area contributed by atoms with Gasteiger partial charge in [-0.2, -0.15) is 4.91 Å². The molecule has 2 saturated carbocycles. The monoisotopic (exact) mass is 167 g/mol. The van der Waals surface area contributed by atoms with Crippen LogP contribution in [-0.4, -0.2) is 6.04 Å². The van der Waals surface area contributed by atoms with Crippen LogP contribution in [0.5, 0.6) is 0 Å². The lowest BCUT2D eigenvalue weighted by molar-refractivity contribution is 0.136. The lowest BCUT2D eigenvalue weighted by Gasteiger charge is -2.36. The molecule has 0 N–H and O–H groups in total. The molecule has 0 aromatic heterocycles. The van der Waals surface area contributed by atoms with Crippen molar-refractivity contribution in [2.45, 2.75) is 46.1 Å². The van der Waals surface area contributed by atoms with Gasteiger partial charge in [0.15, 0.2) is 0 Å². The summed E-state index contributed by atoms with van der Waals surface area (Å²) in [4.78, 5) is 10.6. The van der Waals surface area contributed by atoms with Gasteiger partial charge in [-0.15, -0.1) is 0 Å². The molecule has 2 aliphatic rings. The first-order valence-corrected chi connectivity index (χ1v) is 4.85. The highest BCUT2D eigenvalue weighted by Gasteiger charge is 2.62. The van der Waals surface area contributed by atoms with Crippen LogP contribution >= 0.6 is 0 Å². The summed E-state index contributed by atoms with van der Waals surface area (Å²) < 4.78 is 0. The first kappa shape index (κ1) is 8.21. The molecule has 68 valence electrons. The summed E-state index contributed by atoms with van der Waals surface area (Å²) in [6.45, 7) is 6.84. The Bertz CT molecular complexity index is 224. The Morgan fingerprint density at radius 2 is 2.00 bits per heavy atom. The fraction of sp³-hybridized carbons (Fsp3) is 1.00. The lowest BCUT2D eigenvalue weighted by atomic mass is 9.69. The summed E-state index contributed by atoms with van der Waals surface area (Å²) in [7, 11) is 0. The van der Waals surface area contributed by atoms with E-state index in [4.69, 9.17) is 0 Å². The normalized spacial score (nSPS) is 49.6. The molecule has 0 radical (unpaired) electrons. The van der Waals surface area contributed by atoms with E-state index < -0.39 is 0 Å². The summed E-state index contributed by atoms with van der Waals surface area (Å²) in [6.07, 6.45) is 3.53. The van der Waals surface area contributed by atoms with Gasteiger partial charge >= 0.3 is 0 Å². The van der Waals surface area contributed by atoms with Crippen molar-refractivity contribution < 1.29 is 0 Å². The number of fused-ring (bicyclic) bond motifs is 2. The van der Waals surface area contributed by atoms with Gasteiger partial charge in [0, 0.05) is 0 Å². The lowest BCUT2D eigenvalue weighted by Crippen LogP contribution is -2.34. The van der Waals surface area contributed by atoms with Crippen molar-refractivity contribution in [1.82, 2.24) is 0 Å². The fourth-order valence-corrected chi connectivity index (χ4v) is 3.32. The highest BCUT2D eigenvalue weighted by molar-refractivity contribution is 5.12. The van der Waals surface area contributed by atoms with E-state index in [0.717, 1.165) is 12.3 Å². The van der Waals surface area contributed by atoms with Crippen LogP contribution in [0.1, 0.15) is 40.0 Å². The van der Waals surface area contributed by atoms with Gasteiger partial charge in [-0.1, -0.05) is 25.9 Å². The van der Waals surface area contributed by atoms with Crippen molar-refractivity contribution in [3.8, 4) is 0 Å². The van der Waals surface area contributed by atoms with E-state index in [1.54, 1.807) is 0 Å². The minimum Gasteiger partial charge on any atom is -0.150 e. The SMILES string of the molecule is CC1(C)C2CC[C@@]1(C)C(N=O)C2. The first-order valence-electron chi connectivity index (χ1n) is 4.85. The standard InChI is InChI=1S/C10H17NO/c1-9(2)7-4-5-10(9,3)8(6-7)11-12/h7-8H,4-6H2,1-3H3/t7?,8?,10-/m0/s1. The van der Waals surface area contributed by atoms with Crippen LogP contribution in [0.15, 0.2) is 5.18 Å². The van der Waals surface area contributed by atoms with Gasteiger partial charge in [0.25, 0.3) is 0 Å². The summed E-state index contributed by atoms with van der Waals surface area (Å²) in [5, 5.41) is 3.29. The zero-order chi connectivity index (χ0) is 8.98. The Labute approximate surface area is 73.7 Å². The van der Waals surface area contributed by atoms with Crippen LogP contribution in [0.25, 0.3) is 0 Å². The quantitative estimate of drug-likeness (QED) is 0.552. The molecule has 0 heterocycles. The Morgan fingerprint density at radius 3 is 2.25 bits per heavy atom. The number of hydrogen-bond donors (Lipinski definition) is 0. The van der Waals surface area contributed by atoms with Gasteiger partial charge in [0.1, 0.15) is 0 Å². The van der Waals surface area contributed by atoms with Gasteiger partial charge in [-0.25, -0.2) is 0 Å². The molecule has 0 saturated heterocycles. The topological polar surface area (TPSA) is 29.4 Å². The Balaban J connectivity index is 2.39. The Hall–Kier alpha value is -0.400. The molecule has 2 fully saturated rings. The maximum Gasteiger partial charge on any atom is 0.0981 e. The molecule has 2 unspecified atom stereocenters. The van der Waals surface area contributed by atoms with Crippen molar-refractivity contribution in [3.05, 3.63) is 4.91 Å². The second-order valence-corrected chi connectivity index (χ2v) is 5.23. The zero-order valence-electron chi connectivity index (χ0n) is 8.13. The fourth-order valence-electron chi connectivity index (χ4n) is 3.32. The number of hydrogen-bond acceptors (Lipinski definition) is 2. The third-order valence-corrected chi connectivity index (χ3v) is 4.88. The molecule has 0 amide bonds. The van der Waals surface area contributed by atoms with E-state index in [0.29, 0.717) is 5.41 Å². The van der Waals surface area contributed by atoms with E-state index in [1.165, 1.54) is 12.8 Å². The van der Waals surface area contributed by atoms with E-state index >= 15 is 0 Å². The average molecular weight is 167 g/mol. The highest BCUT2D eigenvalue weighted by Crippen LogP contribution is 2.66. The van der Waals surface area contributed by atoms with Gasteiger partial charge in [-0.3, -0.25) is 0 Å². The van der Waals surface area contributed by atoms with Gasteiger partial charge < -0.3 is 0 Å². The van der Waals surface area contributed by atoms with E-state index in [1.807, 2.05) is 0 Å². The van der Waals surface area contributed by atoms with Crippen LogP contribution in [0.3, 0.4) is 0 Å². The molecule has 2 bridgehead atoms. The van der Waals surface area contributed by atoms with E-state index in [-0.39, 0.29) is 11.5 Å². The van der Waals surface area contributed by atoms with Gasteiger partial charge in [0.2, 0.25) is 0 Å². The largest absolute Gasteiger partial charge is 0.150 e.